The predicted molar refractivity (Wildman–Crippen MR) is 73.0 cm³/mol. The number of nitrogens with two attached hydrogens (primary N) is 1. The molecular formula is C14H25N3. The second kappa shape index (κ2) is 5.03. The molecular weight excluding hydrogens is 210 g/mol. The molecule has 0 saturated carbocycles. The summed E-state index contributed by atoms with van der Waals surface area (Å²) in [6.45, 7) is 12.9. The molecule has 96 valence electrons. The lowest BCUT2D eigenvalue weighted by molar-refractivity contribution is 0.283. The summed E-state index contributed by atoms with van der Waals surface area (Å²) in [5, 5.41) is 0. The molecule has 3 nitrogen and oxygen atoms in total. The molecule has 1 heterocycles. The van der Waals surface area contributed by atoms with E-state index in [0.717, 1.165) is 12.1 Å². The van der Waals surface area contributed by atoms with E-state index in [0.29, 0.717) is 17.3 Å². The Morgan fingerprint density at radius 2 is 1.82 bits per heavy atom. The van der Waals surface area contributed by atoms with Crippen LogP contribution in [0.3, 0.4) is 0 Å². The Morgan fingerprint density at radius 3 is 2.41 bits per heavy atom. The molecule has 0 fully saturated rings. The molecule has 3 heteroatoms. The van der Waals surface area contributed by atoms with Gasteiger partial charge in [-0.1, -0.05) is 34.6 Å². The maximum Gasteiger partial charge on any atom is 0.220 e. The predicted octanol–water partition coefficient (Wildman–Crippen LogP) is 3.47. The Kier molecular flexibility index (Phi) is 4.12. The lowest BCUT2D eigenvalue weighted by Crippen LogP contribution is -2.27. The Balaban J connectivity index is 0.000000686. The quantitative estimate of drug-likeness (QED) is 0.749. The van der Waals surface area contributed by atoms with Gasteiger partial charge in [-0.3, -0.25) is 0 Å². The van der Waals surface area contributed by atoms with E-state index in [9.17, 15) is 0 Å². The fourth-order valence-corrected chi connectivity index (χ4v) is 2.74. The van der Waals surface area contributed by atoms with Crippen molar-refractivity contribution >= 4 is 5.95 Å². The monoisotopic (exact) mass is 235 g/mol. The van der Waals surface area contributed by atoms with Crippen molar-refractivity contribution in [3.05, 3.63) is 17.0 Å². The number of aryl methyl sites for hydroxylation is 1. The fourth-order valence-electron chi connectivity index (χ4n) is 2.74. The van der Waals surface area contributed by atoms with Gasteiger partial charge in [-0.15, -0.1) is 0 Å². The minimum absolute atomic E-state index is 0.358. The van der Waals surface area contributed by atoms with E-state index in [2.05, 4.69) is 30.7 Å². The Bertz CT molecular complexity index is 397. The maximum absolute atomic E-state index is 5.69. The Morgan fingerprint density at radius 1 is 1.24 bits per heavy atom. The zero-order chi connectivity index (χ0) is 13.2. The first-order valence-electron chi connectivity index (χ1n) is 6.52. The van der Waals surface area contributed by atoms with E-state index < -0.39 is 0 Å². The first-order chi connectivity index (χ1) is 7.89. The third-order valence-corrected chi connectivity index (χ3v) is 3.24. The second-order valence-corrected chi connectivity index (χ2v) is 5.48. The topological polar surface area (TPSA) is 51.8 Å². The van der Waals surface area contributed by atoms with Crippen LogP contribution in [-0.2, 0) is 6.42 Å². The van der Waals surface area contributed by atoms with Gasteiger partial charge >= 0.3 is 0 Å². The minimum Gasteiger partial charge on any atom is -0.368 e. The molecule has 1 aromatic heterocycles. The summed E-state index contributed by atoms with van der Waals surface area (Å²) in [5.41, 5.74) is 9.58. The molecule has 0 saturated heterocycles. The van der Waals surface area contributed by atoms with Gasteiger partial charge in [-0.25, -0.2) is 9.97 Å². The highest BCUT2D eigenvalue weighted by Crippen LogP contribution is 2.41. The molecule has 2 N–H and O–H groups in total. The van der Waals surface area contributed by atoms with Gasteiger partial charge in [0.2, 0.25) is 5.95 Å². The molecule has 0 aromatic carbocycles. The number of rotatable bonds is 0. The Labute approximate surface area is 105 Å². The van der Waals surface area contributed by atoms with Crippen LogP contribution in [-0.4, -0.2) is 9.97 Å². The molecule has 17 heavy (non-hydrogen) atoms. The van der Waals surface area contributed by atoms with Crippen molar-refractivity contribution in [2.75, 3.05) is 5.73 Å². The first-order valence-corrected chi connectivity index (χ1v) is 6.52. The van der Waals surface area contributed by atoms with Crippen LogP contribution >= 0.6 is 0 Å². The largest absolute Gasteiger partial charge is 0.368 e. The molecule has 2 rings (SSSR count). The smallest absolute Gasteiger partial charge is 0.220 e. The molecule has 1 aromatic rings. The number of nitrogens with zero attached hydrogens (tertiary/aromatic N) is 2. The van der Waals surface area contributed by atoms with Crippen molar-refractivity contribution in [2.45, 2.75) is 60.3 Å². The van der Waals surface area contributed by atoms with E-state index in [1.165, 1.54) is 17.7 Å². The van der Waals surface area contributed by atoms with Crippen molar-refractivity contribution < 1.29 is 0 Å². The van der Waals surface area contributed by atoms with Gasteiger partial charge in [0.25, 0.3) is 0 Å². The number of aromatic nitrogens is 2. The van der Waals surface area contributed by atoms with Gasteiger partial charge in [0.05, 0.1) is 5.69 Å². The van der Waals surface area contributed by atoms with Gasteiger partial charge in [0, 0.05) is 5.69 Å². The molecule has 1 aliphatic carbocycles. The van der Waals surface area contributed by atoms with Gasteiger partial charge < -0.3 is 5.73 Å². The molecule has 1 aliphatic rings. The van der Waals surface area contributed by atoms with Crippen LogP contribution in [0.4, 0.5) is 5.95 Å². The number of nitrogen functional groups attached to an aromatic ring is 1. The third kappa shape index (κ3) is 2.96. The molecule has 0 amide bonds. The van der Waals surface area contributed by atoms with E-state index in [4.69, 9.17) is 5.73 Å². The average molecular weight is 235 g/mol. The van der Waals surface area contributed by atoms with Gasteiger partial charge in [0.1, 0.15) is 0 Å². The van der Waals surface area contributed by atoms with E-state index in [-0.39, 0.29) is 0 Å². The SMILES string of the molecule is CC.Cc1nc(N)nc2c1CC(C)(C)CC2C. The number of hydrogen-bond donors (Lipinski definition) is 1. The molecule has 0 bridgehead atoms. The highest BCUT2D eigenvalue weighted by atomic mass is 15.0. The number of hydrogen-bond acceptors (Lipinski definition) is 3. The van der Waals surface area contributed by atoms with Crippen molar-refractivity contribution in [2.24, 2.45) is 5.41 Å². The standard InChI is InChI=1S/C12H19N3.C2H6/c1-7-5-12(3,4)6-9-8(2)14-11(13)15-10(7)9;1-2/h7H,5-6H2,1-4H3,(H2,13,14,15);1-2H3. The highest BCUT2D eigenvalue weighted by Gasteiger charge is 2.32. The Hall–Kier alpha value is -1.12. The molecule has 1 atom stereocenters. The summed E-state index contributed by atoms with van der Waals surface area (Å²) in [7, 11) is 0. The van der Waals surface area contributed by atoms with Crippen LogP contribution in [0.2, 0.25) is 0 Å². The molecule has 0 spiro atoms. The van der Waals surface area contributed by atoms with Gasteiger partial charge in [0.15, 0.2) is 0 Å². The molecule has 0 aliphatic heterocycles. The minimum atomic E-state index is 0.358. The summed E-state index contributed by atoms with van der Waals surface area (Å²) in [6, 6.07) is 0. The fraction of sp³-hybridized carbons (Fsp3) is 0.714. The molecule has 0 radical (unpaired) electrons. The van der Waals surface area contributed by atoms with Gasteiger partial charge in [-0.2, -0.15) is 0 Å². The second-order valence-electron chi connectivity index (χ2n) is 5.48. The zero-order valence-corrected chi connectivity index (χ0v) is 12.0. The molecule has 1 unspecified atom stereocenters. The van der Waals surface area contributed by atoms with Crippen molar-refractivity contribution in [3.8, 4) is 0 Å². The number of fused-ring (bicyclic) bond motifs is 1. The summed E-state index contributed by atoms with van der Waals surface area (Å²) < 4.78 is 0. The van der Waals surface area contributed by atoms with Crippen LogP contribution in [0.5, 0.6) is 0 Å². The lowest BCUT2D eigenvalue weighted by atomic mass is 9.71. The van der Waals surface area contributed by atoms with Crippen molar-refractivity contribution in [3.63, 3.8) is 0 Å². The number of anilines is 1. The van der Waals surface area contributed by atoms with Crippen LogP contribution in [0.25, 0.3) is 0 Å². The normalized spacial score (nSPS) is 21.2. The summed E-state index contributed by atoms with van der Waals surface area (Å²) >= 11 is 0. The van der Waals surface area contributed by atoms with E-state index >= 15 is 0 Å². The maximum atomic E-state index is 5.69. The van der Waals surface area contributed by atoms with Crippen molar-refractivity contribution in [1.82, 2.24) is 9.97 Å². The van der Waals surface area contributed by atoms with Gasteiger partial charge in [-0.05, 0) is 36.7 Å². The van der Waals surface area contributed by atoms with Crippen molar-refractivity contribution in [1.29, 1.82) is 0 Å². The van der Waals surface area contributed by atoms with Crippen LogP contribution in [0, 0.1) is 12.3 Å². The van der Waals surface area contributed by atoms with Crippen LogP contribution in [0.15, 0.2) is 0 Å². The summed E-state index contributed by atoms with van der Waals surface area (Å²) in [5.74, 6) is 0.908. The highest BCUT2D eigenvalue weighted by molar-refractivity contribution is 5.36. The van der Waals surface area contributed by atoms with Crippen LogP contribution in [0.1, 0.15) is 63.9 Å². The first kappa shape index (κ1) is 13.9. The zero-order valence-electron chi connectivity index (χ0n) is 12.0. The average Bonchev–Trinajstić information content (AvgIpc) is 2.22. The van der Waals surface area contributed by atoms with Crippen LogP contribution < -0.4 is 5.73 Å². The van der Waals surface area contributed by atoms with E-state index in [1.807, 2.05) is 20.8 Å². The lowest BCUT2D eigenvalue weighted by Gasteiger charge is -2.35. The summed E-state index contributed by atoms with van der Waals surface area (Å²) in [4.78, 5) is 8.64. The van der Waals surface area contributed by atoms with E-state index in [1.54, 1.807) is 0 Å². The third-order valence-electron chi connectivity index (χ3n) is 3.24. The summed E-state index contributed by atoms with van der Waals surface area (Å²) in [6.07, 6.45) is 2.24.